The molecule has 1 fully saturated rings. The van der Waals surface area contributed by atoms with Crippen LogP contribution in [-0.2, 0) is 9.53 Å². The first kappa shape index (κ1) is 12.3. The van der Waals surface area contributed by atoms with Crippen molar-refractivity contribution in [3.8, 4) is 0 Å². The van der Waals surface area contributed by atoms with Crippen molar-refractivity contribution in [3.05, 3.63) is 39.5 Å². The summed E-state index contributed by atoms with van der Waals surface area (Å²) in [6, 6.07) is 5.23. The number of hydrogen-bond acceptors (Lipinski definition) is 3. The topological polar surface area (TPSA) is 38.3 Å². The first-order chi connectivity index (χ1) is 8.08. The van der Waals surface area contributed by atoms with Crippen LogP contribution in [0.1, 0.15) is 13.3 Å². The van der Waals surface area contributed by atoms with E-state index in [1.165, 1.54) is 0 Å². The number of allylic oxidation sites excluding steroid dienone is 1. The van der Waals surface area contributed by atoms with E-state index in [-0.39, 0.29) is 5.97 Å². The lowest BCUT2D eigenvalue weighted by molar-refractivity contribution is -0.135. The highest BCUT2D eigenvalue weighted by atomic mass is 35.5. The average Bonchev–Trinajstić information content (AvgIpc) is 2.70. The summed E-state index contributed by atoms with van der Waals surface area (Å²) in [6.45, 7) is 2.29. The van der Waals surface area contributed by atoms with Gasteiger partial charge in [-0.25, -0.2) is 4.79 Å². The third kappa shape index (κ3) is 2.73. The predicted molar refractivity (Wildman–Crippen MR) is 68.4 cm³/mol. The van der Waals surface area contributed by atoms with Gasteiger partial charge in [-0.2, -0.15) is 0 Å². The molecule has 1 aliphatic heterocycles. The van der Waals surface area contributed by atoms with E-state index in [4.69, 9.17) is 27.9 Å². The summed E-state index contributed by atoms with van der Waals surface area (Å²) >= 11 is 11.7. The quantitative estimate of drug-likeness (QED) is 0.660. The van der Waals surface area contributed by atoms with Crippen LogP contribution in [0, 0.1) is 0 Å². The average molecular weight is 272 g/mol. The van der Waals surface area contributed by atoms with Crippen LogP contribution in [0.3, 0.4) is 0 Å². The Balaban J connectivity index is 2.20. The van der Waals surface area contributed by atoms with Crippen molar-refractivity contribution in [2.24, 2.45) is 0 Å². The number of ether oxygens (including phenoxy) is 1. The maximum Gasteiger partial charge on any atom is 0.335 e. The highest BCUT2D eigenvalue weighted by Crippen LogP contribution is 2.26. The molecule has 0 amide bonds. The van der Waals surface area contributed by atoms with E-state index in [1.54, 1.807) is 18.2 Å². The number of hydrogen-bond donors (Lipinski definition) is 1. The van der Waals surface area contributed by atoms with E-state index in [0.29, 0.717) is 28.6 Å². The van der Waals surface area contributed by atoms with Crippen LogP contribution in [0.15, 0.2) is 29.5 Å². The monoisotopic (exact) mass is 271 g/mol. The number of esters is 1. The van der Waals surface area contributed by atoms with Crippen LogP contribution in [0.5, 0.6) is 0 Å². The van der Waals surface area contributed by atoms with E-state index in [2.05, 4.69) is 5.32 Å². The van der Waals surface area contributed by atoms with Crippen molar-refractivity contribution in [1.29, 1.82) is 0 Å². The minimum Gasteiger partial charge on any atom is -0.462 e. The van der Waals surface area contributed by atoms with Crippen LogP contribution >= 0.6 is 23.2 Å². The fourth-order valence-corrected chi connectivity index (χ4v) is 1.94. The van der Waals surface area contributed by atoms with Gasteiger partial charge in [-0.1, -0.05) is 23.2 Å². The van der Waals surface area contributed by atoms with Crippen LogP contribution in [0.2, 0.25) is 10.0 Å². The Morgan fingerprint density at radius 2 is 2.12 bits per heavy atom. The van der Waals surface area contributed by atoms with Gasteiger partial charge in [0.2, 0.25) is 0 Å². The zero-order valence-corrected chi connectivity index (χ0v) is 10.7. The van der Waals surface area contributed by atoms with Gasteiger partial charge in [0, 0.05) is 17.8 Å². The molecular weight excluding hydrogens is 261 g/mol. The number of rotatable bonds is 2. The maximum atomic E-state index is 11.4. The lowest BCUT2D eigenvalue weighted by atomic mass is 10.2. The largest absolute Gasteiger partial charge is 0.462 e. The Labute approximate surface area is 109 Å². The smallest absolute Gasteiger partial charge is 0.335 e. The molecule has 0 aromatic heterocycles. The molecule has 0 bridgehead atoms. The molecule has 0 atom stereocenters. The Bertz CT molecular complexity index is 497. The predicted octanol–water partition coefficient (Wildman–Crippen LogP) is 3.63. The number of carbonyl (C=O) groups excluding carboxylic acids is 1. The maximum absolute atomic E-state index is 11.4. The van der Waals surface area contributed by atoms with Gasteiger partial charge < -0.3 is 10.1 Å². The van der Waals surface area contributed by atoms with Gasteiger partial charge in [0.25, 0.3) is 0 Å². The summed E-state index contributed by atoms with van der Waals surface area (Å²) in [6.07, 6.45) is 0.638. The van der Waals surface area contributed by atoms with E-state index >= 15 is 0 Å². The van der Waals surface area contributed by atoms with Gasteiger partial charge in [0.1, 0.15) is 0 Å². The molecule has 3 nitrogen and oxygen atoms in total. The summed E-state index contributed by atoms with van der Waals surface area (Å²) in [5, 5.41) is 4.10. The minimum atomic E-state index is -0.255. The Morgan fingerprint density at radius 1 is 1.35 bits per heavy atom. The van der Waals surface area contributed by atoms with Crippen molar-refractivity contribution in [1.82, 2.24) is 0 Å². The second-order valence-electron chi connectivity index (χ2n) is 3.74. The first-order valence-electron chi connectivity index (χ1n) is 5.17. The highest BCUT2D eigenvalue weighted by molar-refractivity contribution is 6.42. The Hall–Kier alpha value is -1.19. The SMILES string of the molecule is C/C(Nc1ccc(Cl)c(Cl)c1)=C1\CCOC1=O. The molecule has 90 valence electrons. The number of benzene rings is 1. The number of nitrogens with one attached hydrogen (secondary N) is 1. The Morgan fingerprint density at radius 3 is 2.71 bits per heavy atom. The fourth-order valence-electron chi connectivity index (χ4n) is 1.64. The molecule has 17 heavy (non-hydrogen) atoms. The van der Waals surface area contributed by atoms with E-state index < -0.39 is 0 Å². The Kier molecular flexibility index (Phi) is 3.60. The summed E-state index contributed by atoms with van der Waals surface area (Å²) in [5.41, 5.74) is 2.26. The van der Waals surface area contributed by atoms with E-state index in [0.717, 1.165) is 11.4 Å². The second-order valence-corrected chi connectivity index (χ2v) is 4.56. The summed E-state index contributed by atoms with van der Waals surface area (Å²) in [4.78, 5) is 11.4. The molecule has 1 saturated heterocycles. The van der Waals surface area contributed by atoms with Gasteiger partial charge in [-0.05, 0) is 25.1 Å². The zero-order valence-electron chi connectivity index (χ0n) is 9.22. The lowest BCUT2D eigenvalue weighted by Crippen LogP contribution is -2.04. The van der Waals surface area contributed by atoms with Crippen LogP contribution in [0.4, 0.5) is 5.69 Å². The summed E-state index contributed by atoms with van der Waals surface area (Å²) in [5.74, 6) is -0.255. The van der Waals surface area contributed by atoms with Crippen LogP contribution in [-0.4, -0.2) is 12.6 Å². The number of cyclic esters (lactones) is 1. The molecule has 1 heterocycles. The van der Waals surface area contributed by atoms with Crippen molar-refractivity contribution >= 4 is 34.9 Å². The molecule has 1 N–H and O–H groups in total. The molecule has 1 aliphatic rings. The van der Waals surface area contributed by atoms with Gasteiger partial charge in [-0.3, -0.25) is 0 Å². The molecule has 1 aromatic carbocycles. The zero-order chi connectivity index (χ0) is 12.4. The fraction of sp³-hybridized carbons (Fsp3) is 0.250. The van der Waals surface area contributed by atoms with Gasteiger partial charge >= 0.3 is 5.97 Å². The van der Waals surface area contributed by atoms with E-state index in [9.17, 15) is 4.79 Å². The van der Waals surface area contributed by atoms with Crippen molar-refractivity contribution < 1.29 is 9.53 Å². The number of halogens is 2. The normalized spacial score (nSPS) is 17.9. The molecule has 2 rings (SSSR count). The molecule has 0 aliphatic carbocycles. The van der Waals surface area contributed by atoms with Crippen LogP contribution in [0.25, 0.3) is 0 Å². The second kappa shape index (κ2) is 4.98. The molecule has 1 aromatic rings. The summed E-state index contributed by atoms with van der Waals surface area (Å²) in [7, 11) is 0. The van der Waals surface area contributed by atoms with Crippen molar-refractivity contribution in [3.63, 3.8) is 0 Å². The van der Waals surface area contributed by atoms with Crippen molar-refractivity contribution in [2.45, 2.75) is 13.3 Å². The first-order valence-corrected chi connectivity index (χ1v) is 5.92. The van der Waals surface area contributed by atoms with Crippen molar-refractivity contribution in [2.75, 3.05) is 11.9 Å². The number of anilines is 1. The molecule has 0 radical (unpaired) electrons. The molecular formula is C12H11Cl2NO2. The third-order valence-electron chi connectivity index (χ3n) is 2.54. The minimum absolute atomic E-state index is 0.255. The molecule has 0 unspecified atom stereocenters. The molecule has 0 spiro atoms. The van der Waals surface area contributed by atoms with Crippen LogP contribution < -0.4 is 5.32 Å². The third-order valence-corrected chi connectivity index (χ3v) is 3.27. The highest BCUT2D eigenvalue weighted by Gasteiger charge is 2.21. The summed E-state index contributed by atoms with van der Waals surface area (Å²) < 4.78 is 4.88. The van der Waals surface area contributed by atoms with Gasteiger partial charge in [-0.15, -0.1) is 0 Å². The number of carbonyl (C=O) groups is 1. The van der Waals surface area contributed by atoms with E-state index in [1.807, 2.05) is 6.92 Å². The molecule has 0 saturated carbocycles. The van der Waals surface area contributed by atoms with Gasteiger partial charge in [0.05, 0.1) is 22.2 Å². The standard InChI is InChI=1S/C12H11Cl2NO2/c1-7(9-4-5-17-12(9)16)15-8-2-3-10(13)11(14)6-8/h2-3,6,15H,4-5H2,1H3/b9-7-. The lowest BCUT2D eigenvalue weighted by Gasteiger charge is -2.09. The molecule has 5 heteroatoms. The van der Waals surface area contributed by atoms with Gasteiger partial charge in [0.15, 0.2) is 0 Å².